The maximum atomic E-state index is 12.9. The number of nitrogens with zero attached hydrogens (tertiary/aromatic N) is 1. The van der Waals surface area contributed by atoms with Crippen molar-refractivity contribution in [2.45, 2.75) is 55.6 Å². The van der Waals surface area contributed by atoms with Crippen molar-refractivity contribution >= 4 is 15.9 Å². The Labute approximate surface area is 137 Å². The zero-order chi connectivity index (χ0) is 16.8. The molecule has 7 heteroatoms. The Morgan fingerprint density at radius 3 is 2.43 bits per heavy atom. The summed E-state index contributed by atoms with van der Waals surface area (Å²) in [5, 5.41) is 3.52. The number of benzene rings is 1. The average molecular weight is 337 g/mol. The third-order valence-corrected chi connectivity index (χ3v) is 7.02. The number of carbonyl (C=O) groups is 1. The Morgan fingerprint density at radius 2 is 1.87 bits per heavy atom. The van der Waals surface area contributed by atoms with E-state index in [4.69, 9.17) is 5.73 Å². The highest BCUT2D eigenvalue weighted by molar-refractivity contribution is 7.89. The molecule has 1 amide bonds. The first kappa shape index (κ1) is 16.4. The van der Waals surface area contributed by atoms with Gasteiger partial charge in [-0.15, -0.1) is 0 Å². The van der Waals surface area contributed by atoms with Gasteiger partial charge in [0.1, 0.15) is 0 Å². The lowest BCUT2D eigenvalue weighted by Crippen LogP contribution is -2.48. The van der Waals surface area contributed by atoms with Gasteiger partial charge in [-0.1, -0.05) is 6.07 Å². The van der Waals surface area contributed by atoms with Crippen LogP contribution >= 0.6 is 0 Å². The highest BCUT2D eigenvalue weighted by Crippen LogP contribution is 2.31. The molecule has 0 saturated carbocycles. The van der Waals surface area contributed by atoms with E-state index in [1.807, 2.05) is 0 Å². The number of aryl methyl sites for hydroxylation is 1. The Morgan fingerprint density at radius 1 is 1.26 bits per heavy atom. The minimum Gasteiger partial charge on any atom is -0.366 e. The van der Waals surface area contributed by atoms with Gasteiger partial charge in [-0.3, -0.25) is 4.79 Å². The minimum atomic E-state index is -3.63. The summed E-state index contributed by atoms with van der Waals surface area (Å²) in [6.07, 6.45) is 3.90. The van der Waals surface area contributed by atoms with Gasteiger partial charge >= 0.3 is 0 Å². The number of rotatable bonds is 4. The fourth-order valence-electron chi connectivity index (χ4n) is 3.71. The van der Waals surface area contributed by atoms with Crippen molar-refractivity contribution < 1.29 is 13.2 Å². The molecule has 2 saturated heterocycles. The molecule has 0 spiro atoms. The van der Waals surface area contributed by atoms with Crippen LogP contribution in [0.2, 0.25) is 0 Å². The van der Waals surface area contributed by atoms with E-state index in [9.17, 15) is 13.2 Å². The van der Waals surface area contributed by atoms with E-state index in [-0.39, 0.29) is 16.5 Å². The number of hydrogen-bond donors (Lipinski definition) is 2. The van der Waals surface area contributed by atoms with Crippen LogP contribution in [-0.2, 0) is 10.0 Å². The van der Waals surface area contributed by atoms with Gasteiger partial charge in [-0.25, -0.2) is 8.42 Å². The quantitative estimate of drug-likeness (QED) is 0.857. The summed E-state index contributed by atoms with van der Waals surface area (Å²) in [4.78, 5) is 11.6. The van der Waals surface area contributed by atoms with Crippen molar-refractivity contribution in [3.8, 4) is 0 Å². The second kappa shape index (κ2) is 5.89. The second-order valence-electron chi connectivity index (χ2n) is 6.63. The van der Waals surface area contributed by atoms with Gasteiger partial charge < -0.3 is 11.1 Å². The molecule has 2 bridgehead atoms. The van der Waals surface area contributed by atoms with E-state index in [1.165, 1.54) is 10.4 Å². The molecule has 2 heterocycles. The number of nitrogens with two attached hydrogens (primary N) is 1. The predicted octanol–water partition coefficient (Wildman–Crippen LogP) is 0.997. The fraction of sp³-hybridized carbons (Fsp3) is 0.562. The number of nitrogens with one attached hydrogen (secondary N) is 1. The van der Waals surface area contributed by atoms with Gasteiger partial charge in [0.2, 0.25) is 15.9 Å². The number of sulfonamides is 1. The molecule has 6 nitrogen and oxygen atoms in total. The van der Waals surface area contributed by atoms with Crippen molar-refractivity contribution in [3.63, 3.8) is 0 Å². The van der Waals surface area contributed by atoms with Crippen molar-refractivity contribution in [1.82, 2.24) is 9.62 Å². The van der Waals surface area contributed by atoms with Crippen LogP contribution < -0.4 is 11.1 Å². The fourth-order valence-corrected chi connectivity index (χ4v) is 5.12. The summed E-state index contributed by atoms with van der Waals surface area (Å²) in [5.74, 6) is -0.609. The molecule has 3 N–H and O–H groups in total. The van der Waals surface area contributed by atoms with Gasteiger partial charge in [0, 0.05) is 30.7 Å². The van der Waals surface area contributed by atoms with Crippen LogP contribution in [0.1, 0.15) is 41.6 Å². The van der Waals surface area contributed by atoms with Crippen LogP contribution in [0.25, 0.3) is 0 Å². The van der Waals surface area contributed by atoms with Crippen LogP contribution in [0.5, 0.6) is 0 Å². The average Bonchev–Trinajstić information content (AvgIpc) is 2.84. The van der Waals surface area contributed by atoms with Gasteiger partial charge in [-0.05, 0) is 50.3 Å². The van der Waals surface area contributed by atoms with Gasteiger partial charge in [0.25, 0.3) is 0 Å². The highest BCUT2D eigenvalue weighted by atomic mass is 32.2. The lowest BCUT2D eigenvalue weighted by atomic mass is 10.0. The molecular weight excluding hydrogens is 314 g/mol. The van der Waals surface area contributed by atoms with E-state index in [0.29, 0.717) is 17.6 Å². The number of piperidine rings is 1. The molecule has 1 aromatic carbocycles. The van der Waals surface area contributed by atoms with Gasteiger partial charge in [0.15, 0.2) is 0 Å². The first-order chi connectivity index (χ1) is 10.8. The zero-order valence-corrected chi connectivity index (χ0v) is 14.3. The molecule has 1 aromatic rings. The molecule has 3 rings (SSSR count). The molecule has 0 radical (unpaired) electrons. The van der Waals surface area contributed by atoms with Crippen LogP contribution in [0.15, 0.2) is 23.1 Å². The molecule has 0 aliphatic carbocycles. The minimum absolute atomic E-state index is 0.00270. The molecule has 2 aliphatic heterocycles. The monoisotopic (exact) mass is 337 g/mol. The summed E-state index contributed by atoms with van der Waals surface area (Å²) >= 11 is 0. The standard InChI is InChI=1S/C16H23N3O3S/c1-10-3-6-14(9-15(10)16(17)20)23(21,22)19(2)13-7-11-4-5-12(8-13)18-11/h3,6,9,11-13,18H,4-5,7-8H2,1-2H3,(H2,17,20). The van der Waals surface area contributed by atoms with Crippen molar-refractivity contribution in [1.29, 1.82) is 0 Å². The molecule has 126 valence electrons. The summed E-state index contributed by atoms with van der Waals surface area (Å²) in [5.41, 5.74) is 6.27. The molecule has 2 unspecified atom stereocenters. The Hall–Kier alpha value is -1.44. The number of amides is 1. The normalized spacial score (nSPS) is 27.3. The number of primary amides is 1. The lowest BCUT2D eigenvalue weighted by molar-refractivity contribution is 0.0999. The van der Waals surface area contributed by atoms with Crippen LogP contribution in [0, 0.1) is 6.92 Å². The third-order valence-electron chi connectivity index (χ3n) is 5.11. The highest BCUT2D eigenvalue weighted by Gasteiger charge is 2.38. The summed E-state index contributed by atoms with van der Waals surface area (Å²) < 4.78 is 27.3. The predicted molar refractivity (Wildman–Crippen MR) is 87.6 cm³/mol. The van der Waals surface area contributed by atoms with Gasteiger partial charge in [-0.2, -0.15) is 4.31 Å². The maximum Gasteiger partial charge on any atom is 0.249 e. The number of hydrogen-bond acceptors (Lipinski definition) is 4. The summed E-state index contributed by atoms with van der Waals surface area (Å²) in [6.45, 7) is 1.74. The Balaban J connectivity index is 1.89. The number of carbonyl (C=O) groups excluding carboxylic acids is 1. The molecule has 0 aromatic heterocycles. The SMILES string of the molecule is Cc1ccc(S(=O)(=O)N(C)C2CC3CCC(C2)N3)cc1C(N)=O. The topological polar surface area (TPSA) is 92.5 Å². The maximum absolute atomic E-state index is 12.9. The molecule has 2 atom stereocenters. The molecule has 2 aliphatic rings. The first-order valence-corrected chi connectivity index (χ1v) is 9.37. The smallest absolute Gasteiger partial charge is 0.249 e. The summed E-state index contributed by atoms with van der Waals surface area (Å²) in [6, 6.07) is 5.39. The van der Waals surface area contributed by atoms with E-state index >= 15 is 0 Å². The van der Waals surface area contributed by atoms with E-state index in [2.05, 4.69) is 5.32 Å². The molecular formula is C16H23N3O3S. The Bertz CT molecular complexity index is 720. The van der Waals surface area contributed by atoms with Crippen molar-refractivity contribution in [3.05, 3.63) is 29.3 Å². The van der Waals surface area contributed by atoms with E-state index in [0.717, 1.165) is 25.7 Å². The lowest BCUT2D eigenvalue weighted by Gasteiger charge is -2.34. The zero-order valence-electron chi connectivity index (χ0n) is 13.5. The van der Waals surface area contributed by atoms with Crippen molar-refractivity contribution in [2.24, 2.45) is 5.73 Å². The molecule has 2 fully saturated rings. The first-order valence-electron chi connectivity index (χ1n) is 7.93. The molecule has 23 heavy (non-hydrogen) atoms. The van der Waals surface area contributed by atoms with Crippen LogP contribution in [0.3, 0.4) is 0 Å². The summed E-state index contributed by atoms with van der Waals surface area (Å²) in [7, 11) is -2.00. The van der Waals surface area contributed by atoms with Crippen molar-refractivity contribution in [2.75, 3.05) is 7.05 Å². The van der Waals surface area contributed by atoms with Gasteiger partial charge in [0.05, 0.1) is 4.90 Å². The second-order valence-corrected chi connectivity index (χ2v) is 8.62. The Kier molecular flexibility index (Phi) is 4.20. The number of fused-ring (bicyclic) bond motifs is 2. The largest absolute Gasteiger partial charge is 0.366 e. The van der Waals surface area contributed by atoms with Crippen LogP contribution in [-0.4, -0.2) is 43.8 Å². The van der Waals surface area contributed by atoms with E-state index in [1.54, 1.807) is 26.1 Å². The van der Waals surface area contributed by atoms with Crippen LogP contribution in [0.4, 0.5) is 0 Å². The van der Waals surface area contributed by atoms with E-state index < -0.39 is 15.9 Å². The third kappa shape index (κ3) is 3.00.